The van der Waals surface area contributed by atoms with E-state index in [0.29, 0.717) is 18.0 Å². The molecular formula is C13H17BrFNO. The highest BCUT2D eigenvalue weighted by atomic mass is 79.9. The number of hydrogen-bond donors (Lipinski definition) is 2. The van der Waals surface area contributed by atoms with E-state index in [1.54, 1.807) is 6.07 Å². The maximum atomic E-state index is 13.7. The largest absolute Gasteiger partial charge is 0.392 e. The molecule has 1 aromatic rings. The molecule has 0 heterocycles. The molecular weight excluding hydrogens is 285 g/mol. The molecule has 1 aliphatic carbocycles. The number of aliphatic hydroxyl groups is 1. The van der Waals surface area contributed by atoms with Gasteiger partial charge in [-0.3, -0.25) is 0 Å². The molecule has 4 heteroatoms. The van der Waals surface area contributed by atoms with Crippen molar-refractivity contribution in [2.24, 2.45) is 5.92 Å². The number of aliphatic hydroxyl groups excluding tert-OH is 1. The van der Waals surface area contributed by atoms with Crippen LogP contribution >= 0.6 is 15.9 Å². The van der Waals surface area contributed by atoms with E-state index >= 15 is 0 Å². The zero-order valence-electron chi connectivity index (χ0n) is 9.79. The van der Waals surface area contributed by atoms with Crippen molar-refractivity contribution in [1.82, 2.24) is 5.32 Å². The van der Waals surface area contributed by atoms with Crippen molar-refractivity contribution < 1.29 is 9.50 Å². The molecule has 2 N–H and O–H groups in total. The summed E-state index contributed by atoms with van der Waals surface area (Å²) in [6, 6.07) is 4.97. The van der Waals surface area contributed by atoms with Crippen molar-refractivity contribution in [3.63, 3.8) is 0 Å². The summed E-state index contributed by atoms with van der Waals surface area (Å²) in [6.45, 7) is 2.44. The standard InChI is InChI=1S/C13H17BrFNO/c1-8(16-7-13(17)9-2-3-9)11-5-4-10(14)6-12(11)15/h4-6,8-9,13,16-17H,2-3,7H2,1H3. The Bertz CT molecular complexity index is 395. The second kappa shape index (κ2) is 5.46. The topological polar surface area (TPSA) is 32.3 Å². The molecule has 2 atom stereocenters. The predicted molar refractivity (Wildman–Crippen MR) is 69.2 cm³/mol. The average molecular weight is 302 g/mol. The fourth-order valence-corrected chi connectivity index (χ4v) is 2.24. The minimum Gasteiger partial charge on any atom is -0.392 e. The van der Waals surface area contributed by atoms with Gasteiger partial charge in [0.15, 0.2) is 0 Å². The molecule has 0 aliphatic heterocycles. The first kappa shape index (κ1) is 13.0. The Hall–Kier alpha value is -0.450. The summed E-state index contributed by atoms with van der Waals surface area (Å²) >= 11 is 3.23. The summed E-state index contributed by atoms with van der Waals surface area (Å²) in [5, 5.41) is 12.9. The van der Waals surface area contributed by atoms with Crippen LogP contribution in [-0.2, 0) is 0 Å². The van der Waals surface area contributed by atoms with Gasteiger partial charge >= 0.3 is 0 Å². The van der Waals surface area contributed by atoms with Crippen LogP contribution in [0.3, 0.4) is 0 Å². The molecule has 0 aromatic heterocycles. The van der Waals surface area contributed by atoms with Gasteiger partial charge in [-0.25, -0.2) is 4.39 Å². The Balaban J connectivity index is 1.91. The summed E-state index contributed by atoms with van der Waals surface area (Å²) in [7, 11) is 0. The number of benzene rings is 1. The Labute approximate surface area is 109 Å². The molecule has 0 bridgehead atoms. The summed E-state index contributed by atoms with van der Waals surface area (Å²) in [5.74, 6) is 0.227. The van der Waals surface area contributed by atoms with Gasteiger partial charge in [-0.2, -0.15) is 0 Å². The van der Waals surface area contributed by atoms with Crippen LogP contribution in [0, 0.1) is 11.7 Å². The van der Waals surface area contributed by atoms with Gasteiger partial charge in [0, 0.05) is 22.6 Å². The van der Waals surface area contributed by atoms with Crippen molar-refractivity contribution in [3.8, 4) is 0 Å². The van der Waals surface area contributed by atoms with E-state index in [4.69, 9.17) is 0 Å². The third-order valence-electron chi connectivity index (χ3n) is 3.23. The number of halogens is 2. The van der Waals surface area contributed by atoms with Gasteiger partial charge in [-0.05, 0) is 37.8 Å². The second-order valence-corrected chi connectivity index (χ2v) is 5.62. The summed E-state index contributed by atoms with van der Waals surface area (Å²) < 4.78 is 14.4. The lowest BCUT2D eigenvalue weighted by Gasteiger charge is -2.17. The first-order chi connectivity index (χ1) is 8.08. The molecule has 0 spiro atoms. The smallest absolute Gasteiger partial charge is 0.129 e. The van der Waals surface area contributed by atoms with Crippen LogP contribution < -0.4 is 5.32 Å². The first-order valence-corrected chi connectivity index (χ1v) is 6.73. The maximum Gasteiger partial charge on any atom is 0.129 e. The lowest BCUT2D eigenvalue weighted by atomic mass is 10.1. The van der Waals surface area contributed by atoms with Gasteiger partial charge in [0.25, 0.3) is 0 Å². The highest BCUT2D eigenvalue weighted by molar-refractivity contribution is 9.10. The number of nitrogens with one attached hydrogen (secondary N) is 1. The minimum absolute atomic E-state index is 0.0866. The third-order valence-corrected chi connectivity index (χ3v) is 3.72. The summed E-state index contributed by atoms with van der Waals surface area (Å²) in [4.78, 5) is 0. The van der Waals surface area contributed by atoms with E-state index < -0.39 is 0 Å². The highest BCUT2D eigenvalue weighted by Gasteiger charge is 2.29. The summed E-state index contributed by atoms with van der Waals surface area (Å²) in [5.41, 5.74) is 0.635. The molecule has 0 amide bonds. The van der Waals surface area contributed by atoms with Crippen molar-refractivity contribution in [2.45, 2.75) is 31.9 Å². The SMILES string of the molecule is CC(NCC(O)C1CC1)c1ccc(Br)cc1F. The van der Waals surface area contributed by atoms with Crippen LogP contribution in [0.1, 0.15) is 31.4 Å². The van der Waals surface area contributed by atoms with E-state index in [2.05, 4.69) is 21.2 Å². The van der Waals surface area contributed by atoms with Crippen molar-refractivity contribution >= 4 is 15.9 Å². The van der Waals surface area contributed by atoms with Gasteiger partial charge in [-0.1, -0.05) is 22.0 Å². The minimum atomic E-state index is -0.295. The van der Waals surface area contributed by atoms with Gasteiger partial charge < -0.3 is 10.4 Å². The first-order valence-electron chi connectivity index (χ1n) is 5.94. The van der Waals surface area contributed by atoms with Crippen molar-refractivity contribution in [2.75, 3.05) is 6.54 Å². The third kappa shape index (κ3) is 3.50. The lowest BCUT2D eigenvalue weighted by molar-refractivity contribution is 0.145. The van der Waals surface area contributed by atoms with Gasteiger partial charge in [-0.15, -0.1) is 0 Å². The second-order valence-electron chi connectivity index (χ2n) is 4.70. The molecule has 1 fully saturated rings. The monoisotopic (exact) mass is 301 g/mol. The fraction of sp³-hybridized carbons (Fsp3) is 0.538. The van der Waals surface area contributed by atoms with E-state index in [1.807, 2.05) is 13.0 Å². The van der Waals surface area contributed by atoms with E-state index in [1.165, 1.54) is 6.07 Å². The predicted octanol–water partition coefficient (Wildman–Crippen LogP) is 3.01. The molecule has 0 radical (unpaired) electrons. The number of hydrogen-bond acceptors (Lipinski definition) is 2. The lowest BCUT2D eigenvalue weighted by Crippen LogP contribution is -2.30. The normalized spacial score (nSPS) is 19.1. The van der Waals surface area contributed by atoms with Crippen LogP contribution in [-0.4, -0.2) is 17.8 Å². The Kier molecular flexibility index (Phi) is 4.17. The molecule has 2 unspecified atom stereocenters. The molecule has 1 aliphatic rings. The van der Waals surface area contributed by atoms with Crippen molar-refractivity contribution in [1.29, 1.82) is 0 Å². The van der Waals surface area contributed by atoms with Crippen molar-refractivity contribution in [3.05, 3.63) is 34.1 Å². The molecule has 1 saturated carbocycles. The van der Waals surface area contributed by atoms with Crippen LogP contribution in [0.25, 0.3) is 0 Å². The van der Waals surface area contributed by atoms with E-state index in [-0.39, 0.29) is 18.0 Å². The Morgan fingerprint density at radius 2 is 2.24 bits per heavy atom. The van der Waals surface area contributed by atoms with Crippen LogP contribution in [0.2, 0.25) is 0 Å². The summed E-state index contributed by atoms with van der Waals surface area (Å²) in [6.07, 6.45) is 1.93. The quantitative estimate of drug-likeness (QED) is 0.876. The fourth-order valence-electron chi connectivity index (χ4n) is 1.91. The molecule has 1 aromatic carbocycles. The highest BCUT2D eigenvalue weighted by Crippen LogP contribution is 2.32. The van der Waals surface area contributed by atoms with Gasteiger partial charge in [0.2, 0.25) is 0 Å². The van der Waals surface area contributed by atoms with Gasteiger partial charge in [0.05, 0.1) is 6.10 Å². The maximum absolute atomic E-state index is 13.7. The molecule has 94 valence electrons. The molecule has 2 rings (SSSR count). The Morgan fingerprint density at radius 1 is 1.53 bits per heavy atom. The van der Waals surface area contributed by atoms with Crippen LogP contribution in [0.15, 0.2) is 22.7 Å². The zero-order valence-corrected chi connectivity index (χ0v) is 11.4. The average Bonchev–Trinajstić information content (AvgIpc) is 3.09. The van der Waals surface area contributed by atoms with Crippen LogP contribution in [0.4, 0.5) is 4.39 Å². The Morgan fingerprint density at radius 3 is 2.82 bits per heavy atom. The molecule has 17 heavy (non-hydrogen) atoms. The zero-order chi connectivity index (χ0) is 12.4. The number of rotatable bonds is 5. The molecule has 2 nitrogen and oxygen atoms in total. The van der Waals surface area contributed by atoms with Gasteiger partial charge in [0.1, 0.15) is 5.82 Å². The molecule has 0 saturated heterocycles. The van der Waals surface area contributed by atoms with E-state index in [9.17, 15) is 9.50 Å². The van der Waals surface area contributed by atoms with E-state index in [0.717, 1.165) is 17.3 Å². The van der Waals surface area contributed by atoms with Crippen LogP contribution in [0.5, 0.6) is 0 Å².